The van der Waals surface area contributed by atoms with Gasteiger partial charge in [0.15, 0.2) is 5.13 Å². The number of benzene rings is 2. The Morgan fingerprint density at radius 2 is 1.63 bits per heavy atom. The molecule has 0 atom stereocenters. The lowest BCUT2D eigenvalue weighted by atomic mass is 10.0. The molecule has 0 bridgehead atoms. The van der Waals surface area contributed by atoms with E-state index >= 15 is 0 Å². The number of hydrogen-bond donors (Lipinski definition) is 2. The number of piperidine rings is 1. The molecule has 2 N–H and O–H groups in total. The Balaban J connectivity index is 1.25. The molecule has 0 spiro atoms. The third-order valence-corrected chi connectivity index (χ3v) is 5.92. The first-order valence-electron chi connectivity index (χ1n) is 10.1. The van der Waals surface area contributed by atoms with Crippen LogP contribution in [0.4, 0.5) is 5.13 Å². The van der Waals surface area contributed by atoms with Gasteiger partial charge in [0, 0.05) is 36.6 Å². The van der Waals surface area contributed by atoms with Gasteiger partial charge < -0.3 is 5.32 Å². The fraction of sp³-hybridized carbons (Fsp3) is 0.261. The number of likely N-dealkylation sites (tertiary alicyclic amines) is 1. The number of amides is 2. The average Bonchev–Trinajstić information content (AvgIpc) is 3.25. The van der Waals surface area contributed by atoms with Gasteiger partial charge in [0.2, 0.25) is 0 Å². The van der Waals surface area contributed by atoms with Gasteiger partial charge in [-0.05, 0) is 30.5 Å². The maximum atomic E-state index is 12.6. The molecule has 1 fully saturated rings. The van der Waals surface area contributed by atoms with Crippen molar-refractivity contribution in [1.82, 2.24) is 15.2 Å². The molecule has 0 radical (unpaired) electrons. The second-order valence-corrected chi connectivity index (χ2v) is 8.23. The first-order chi connectivity index (χ1) is 14.7. The summed E-state index contributed by atoms with van der Waals surface area (Å²) in [6.07, 6.45) is 1.83. The first kappa shape index (κ1) is 20.3. The minimum absolute atomic E-state index is 0.147. The summed E-state index contributed by atoms with van der Waals surface area (Å²) < 4.78 is 0. The van der Waals surface area contributed by atoms with Gasteiger partial charge in [0.1, 0.15) is 5.69 Å². The van der Waals surface area contributed by atoms with Crippen LogP contribution in [-0.4, -0.2) is 40.8 Å². The lowest BCUT2D eigenvalue weighted by Gasteiger charge is -2.32. The maximum absolute atomic E-state index is 12.6. The predicted octanol–water partition coefficient (Wildman–Crippen LogP) is 3.79. The summed E-state index contributed by atoms with van der Waals surface area (Å²) >= 11 is 1.25. The fourth-order valence-electron chi connectivity index (χ4n) is 3.53. The quantitative estimate of drug-likeness (QED) is 0.636. The number of nitrogens with one attached hydrogen (secondary N) is 2. The van der Waals surface area contributed by atoms with Crippen LogP contribution in [0, 0.1) is 0 Å². The van der Waals surface area contributed by atoms with Crippen LogP contribution in [0.3, 0.4) is 0 Å². The first-order valence-corrected chi connectivity index (χ1v) is 10.9. The third kappa shape index (κ3) is 5.31. The van der Waals surface area contributed by atoms with Crippen molar-refractivity contribution in [2.24, 2.45) is 0 Å². The second kappa shape index (κ2) is 9.65. The predicted molar refractivity (Wildman–Crippen MR) is 119 cm³/mol. The molecule has 4 rings (SSSR count). The van der Waals surface area contributed by atoms with E-state index in [4.69, 9.17) is 0 Å². The molecule has 1 aliphatic heterocycles. The minimum Gasteiger partial charge on any atom is -0.348 e. The Hall–Kier alpha value is -3.03. The zero-order chi connectivity index (χ0) is 20.8. The van der Waals surface area contributed by atoms with Crippen LogP contribution >= 0.6 is 11.3 Å². The van der Waals surface area contributed by atoms with Crippen molar-refractivity contribution in [3.63, 3.8) is 0 Å². The van der Waals surface area contributed by atoms with Crippen LogP contribution in [0.2, 0.25) is 0 Å². The highest BCUT2D eigenvalue weighted by molar-refractivity contribution is 7.14. The molecule has 0 saturated carbocycles. The van der Waals surface area contributed by atoms with Crippen molar-refractivity contribution in [1.29, 1.82) is 0 Å². The molecule has 1 aliphatic rings. The van der Waals surface area contributed by atoms with Crippen LogP contribution in [0.1, 0.15) is 39.3 Å². The summed E-state index contributed by atoms with van der Waals surface area (Å²) in [5, 5.41) is 7.94. The van der Waals surface area contributed by atoms with Gasteiger partial charge in [-0.3, -0.25) is 19.8 Å². The van der Waals surface area contributed by atoms with Crippen LogP contribution in [0.25, 0.3) is 0 Å². The van der Waals surface area contributed by atoms with Crippen molar-refractivity contribution >= 4 is 28.3 Å². The molecule has 154 valence electrons. The summed E-state index contributed by atoms with van der Waals surface area (Å²) in [5.74, 6) is -0.421. The largest absolute Gasteiger partial charge is 0.348 e. The van der Waals surface area contributed by atoms with E-state index in [-0.39, 0.29) is 17.9 Å². The van der Waals surface area contributed by atoms with E-state index in [1.807, 2.05) is 12.1 Å². The molecular weight excluding hydrogens is 396 g/mol. The molecule has 6 nitrogen and oxygen atoms in total. The van der Waals surface area contributed by atoms with Crippen LogP contribution < -0.4 is 10.6 Å². The molecule has 1 aromatic heterocycles. The van der Waals surface area contributed by atoms with E-state index in [2.05, 4.69) is 44.8 Å². The molecule has 2 aromatic carbocycles. The zero-order valence-electron chi connectivity index (χ0n) is 16.6. The van der Waals surface area contributed by atoms with E-state index in [1.54, 1.807) is 29.6 Å². The normalized spacial score (nSPS) is 14.9. The van der Waals surface area contributed by atoms with Gasteiger partial charge in [-0.25, -0.2) is 4.98 Å². The molecule has 0 unspecified atom stereocenters. The number of thiazole rings is 1. The Morgan fingerprint density at radius 3 is 2.33 bits per heavy atom. The highest BCUT2D eigenvalue weighted by atomic mass is 32.1. The van der Waals surface area contributed by atoms with Crippen molar-refractivity contribution in [2.45, 2.75) is 25.4 Å². The number of aromatic nitrogens is 1. The molecular formula is C23H24N4O2S. The molecule has 7 heteroatoms. The van der Waals surface area contributed by atoms with Gasteiger partial charge in [-0.1, -0.05) is 48.5 Å². The summed E-state index contributed by atoms with van der Waals surface area (Å²) in [4.78, 5) is 31.5. The number of nitrogens with zero attached hydrogens (tertiary/aromatic N) is 2. The van der Waals surface area contributed by atoms with E-state index in [1.165, 1.54) is 16.9 Å². The smallest absolute Gasteiger partial charge is 0.271 e. The highest BCUT2D eigenvalue weighted by Crippen LogP contribution is 2.18. The standard InChI is InChI=1S/C23H24N4O2S/c28-21(18-9-5-2-6-10-18)26-23-25-20(16-30-23)22(29)24-19-11-13-27(14-12-19)15-17-7-3-1-4-8-17/h1-10,16,19H,11-15H2,(H,24,29)(H,25,26,28). The minimum atomic E-state index is -0.234. The van der Waals surface area contributed by atoms with Crippen molar-refractivity contribution < 1.29 is 9.59 Å². The van der Waals surface area contributed by atoms with E-state index in [0.29, 0.717) is 16.4 Å². The third-order valence-electron chi connectivity index (χ3n) is 5.17. The maximum Gasteiger partial charge on any atom is 0.271 e. The van der Waals surface area contributed by atoms with Crippen LogP contribution in [0.15, 0.2) is 66.0 Å². The molecule has 2 heterocycles. The number of carbonyl (C=O) groups excluding carboxylic acids is 2. The van der Waals surface area contributed by atoms with Gasteiger partial charge in [0.05, 0.1) is 0 Å². The van der Waals surface area contributed by atoms with Crippen LogP contribution in [0.5, 0.6) is 0 Å². The number of rotatable bonds is 6. The lowest BCUT2D eigenvalue weighted by Crippen LogP contribution is -2.44. The van der Waals surface area contributed by atoms with Gasteiger partial charge >= 0.3 is 0 Å². The van der Waals surface area contributed by atoms with E-state index in [0.717, 1.165) is 32.5 Å². The van der Waals surface area contributed by atoms with Gasteiger partial charge in [-0.15, -0.1) is 11.3 Å². The molecule has 0 aliphatic carbocycles. The SMILES string of the molecule is O=C(Nc1nc(C(=O)NC2CCN(Cc3ccccc3)CC2)cs1)c1ccccc1. The Bertz CT molecular complexity index is 983. The highest BCUT2D eigenvalue weighted by Gasteiger charge is 2.22. The fourth-order valence-corrected chi connectivity index (χ4v) is 4.22. The zero-order valence-corrected chi connectivity index (χ0v) is 17.4. The van der Waals surface area contributed by atoms with E-state index < -0.39 is 0 Å². The summed E-state index contributed by atoms with van der Waals surface area (Å²) in [6, 6.07) is 19.5. The summed E-state index contributed by atoms with van der Waals surface area (Å²) in [6.45, 7) is 2.85. The summed E-state index contributed by atoms with van der Waals surface area (Å²) in [7, 11) is 0. The number of carbonyl (C=O) groups is 2. The molecule has 3 aromatic rings. The monoisotopic (exact) mass is 420 g/mol. The van der Waals surface area contributed by atoms with Crippen molar-refractivity contribution in [3.8, 4) is 0 Å². The Morgan fingerprint density at radius 1 is 0.967 bits per heavy atom. The number of anilines is 1. The van der Waals surface area contributed by atoms with Gasteiger partial charge in [0.25, 0.3) is 11.8 Å². The molecule has 30 heavy (non-hydrogen) atoms. The average molecular weight is 421 g/mol. The second-order valence-electron chi connectivity index (χ2n) is 7.37. The Kier molecular flexibility index (Phi) is 6.51. The Labute approximate surface area is 180 Å². The molecule has 2 amide bonds. The number of hydrogen-bond acceptors (Lipinski definition) is 5. The molecule has 1 saturated heterocycles. The van der Waals surface area contributed by atoms with Crippen LogP contribution in [-0.2, 0) is 6.54 Å². The van der Waals surface area contributed by atoms with E-state index in [9.17, 15) is 9.59 Å². The lowest BCUT2D eigenvalue weighted by molar-refractivity contribution is 0.0903. The van der Waals surface area contributed by atoms with Crippen molar-refractivity contribution in [2.75, 3.05) is 18.4 Å². The van der Waals surface area contributed by atoms with Gasteiger partial charge in [-0.2, -0.15) is 0 Å². The van der Waals surface area contributed by atoms with Crippen molar-refractivity contribution in [3.05, 3.63) is 82.9 Å². The topological polar surface area (TPSA) is 74.3 Å². The summed E-state index contributed by atoms with van der Waals surface area (Å²) in [5.41, 5.74) is 2.21.